The summed E-state index contributed by atoms with van der Waals surface area (Å²) in [6.45, 7) is 3.10. The number of rotatable bonds is 6. The predicted octanol–water partition coefficient (Wildman–Crippen LogP) is 4.12. The number of hydrogen-bond donors (Lipinski definition) is 1. The molecule has 0 aliphatic carbocycles. The molecule has 0 aromatic heterocycles. The quantitative estimate of drug-likeness (QED) is 0.489. The highest BCUT2D eigenvalue weighted by Crippen LogP contribution is 2.30. The van der Waals surface area contributed by atoms with Crippen LogP contribution in [0.5, 0.6) is 5.75 Å². The van der Waals surface area contributed by atoms with Crippen molar-refractivity contribution in [1.82, 2.24) is 0 Å². The maximum Gasteiger partial charge on any atom is 0.293 e. The highest BCUT2D eigenvalue weighted by Gasteiger charge is 2.18. The number of methoxy groups -OCH3 is 1. The molecule has 0 aliphatic rings. The summed E-state index contributed by atoms with van der Waals surface area (Å²) < 4.78 is 18.7. The smallest absolute Gasteiger partial charge is 0.293 e. The zero-order valence-electron chi connectivity index (χ0n) is 13.5. The Kier molecular flexibility index (Phi) is 5.13. The minimum atomic E-state index is -0.559. The molecule has 0 heterocycles. The second-order valence-electron chi connectivity index (χ2n) is 5.31. The number of anilines is 1. The number of ketones is 1. The van der Waals surface area contributed by atoms with E-state index >= 15 is 0 Å². The summed E-state index contributed by atoms with van der Waals surface area (Å²) in [4.78, 5) is 22.0. The Morgan fingerprint density at radius 1 is 1.29 bits per heavy atom. The molecule has 0 radical (unpaired) electrons. The van der Waals surface area contributed by atoms with Crippen LogP contribution < -0.4 is 10.1 Å². The molecule has 2 aromatic rings. The van der Waals surface area contributed by atoms with Gasteiger partial charge >= 0.3 is 0 Å². The molecule has 2 aromatic carbocycles. The zero-order valence-corrected chi connectivity index (χ0v) is 13.5. The Hall–Kier alpha value is -2.96. The van der Waals surface area contributed by atoms with E-state index in [1.165, 1.54) is 44.4 Å². The van der Waals surface area contributed by atoms with Gasteiger partial charge in [-0.25, -0.2) is 4.39 Å². The van der Waals surface area contributed by atoms with E-state index in [0.717, 1.165) is 0 Å². The number of benzene rings is 2. The van der Waals surface area contributed by atoms with E-state index in [-0.39, 0.29) is 34.5 Å². The third-order valence-electron chi connectivity index (χ3n) is 3.65. The van der Waals surface area contributed by atoms with E-state index in [0.29, 0.717) is 5.56 Å². The standard InChI is InChI=1S/C17H17FN2O4/c1-10(12-5-7-17(24-3)14(18)8-12)19-15-6-4-13(11(2)21)9-16(15)20(22)23/h4-10,19H,1-3H3/t10-/m1/s1. The lowest BCUT2D eigenvalue weighted by Crippen LogP contribution is -2.09. The molecular weight excluding hydrogens is 315 g/mol. The van der Waals surface area contributed by atoms with Crippen LogP contribution in [0.25, 0.3) is 0 Å². The van der Waals surface area contributed by atoms with Gasteiger partial charge in [0.1, 0.15) is 5.69 Å². The van der Waals surface area contributed by atoms with E-state index in [4.69, 9.17) is 4.74 Å². The minimum absolute atomic E-state index is 0.128. The van der Waals surface area contributed by atoms with Crippen molar-refractivity contribution in [3.05, 3.63) is 63.5 Å². The van der Waals surface area contributed by atoms with Crippen LogP contribution in [0, 0.1) is 15.9 Å². The Bertz CT molecular complexity index is 792. The van der Waals surface area contributed by atoms with Crippen molar-refractivity contribution in [2.45, 2.75) is 19.9 Å². The number of carbonyl (C=O) groups excluding carboxylic acids is 1. The second kappa shape index (κ2) is 7.08. The molecule has 0 saturated heterocycles. The second-order valence-corrected chi connectivity index (χ2v) is 5.31. The summed E-state index contributed by atoms with van der Waals surface area (Å²) in [5.74, 6) is -0.636. The Morgan fingerprint density at radius 3 is 2.54 bits per heavy atom. The first kappa shape index (κ1) is 17.4. The number of nitro benzene ring substituents is 1. The van der Waals surface area contributed by atoms with Gasteiger partial charge in [0.2, 0.25) is 0 Å². The van der Waals surface area contributed by atoms with Gasteiger partial charge in [-0.3, -0.25) is 14.9 Å². The lowest BCUT2D eigenvalue weighted by molar-refractivity contribution is -0.384. The van der Waals surface area contributed by atoms with Gasteiger partial charge in [-0.1, -0.05) is 6.07 Å². The number of carbonyl (C=O) groups is 1. The fraction of sp³-hybridized carbons (Fsp3) is 0.235. The summed E-state index contributed by atoms with van der Waals surface area (Å²) in [5.41, 5.74) is 0.922. The summed E-state index contributed by atoms with van der Waals surface area (Å²) in [6.07, 6.45) is 0. The number of hydrogen-bond acceptors (Lipinski definition) is 5. The van der Waals surface area contributed by atoms with Gasteiger partial charge in [-0.2, -0.15) is 0 Å². The first-order valence-electron chi connectivity index (χ1n) is 7.23. The van der Waals surface area contributed by atoms with Crippen molar-refractivity contribution >= 4 is 17.2 Å². The predicted molar refractivity (Wildman–Crippen MR) is 88.1 cm³/mol. The van der Waals surface area contributed by atoms with Crippen LogP contribution in [0.3, 0.4) is 0 Å². The van der Waals surface area contributed by atoms with Gasteiger partial charge in [-0.05, 0) is 43.7 Å². The van der Waals surface area contributed by atoms with Crippen LogP contribution in [0.1, 0.15) is 35.8 Å². The fourth-order valence-electron chi connectivity index (χ4n) is 2.29. The SMILES string of the molecule is COc1ccc([C@@H](C)Nc2ccc(C(C)=O)cc2[N+](=O)[O-])cc1F. The van der Waals surface area contributed by atoms with Crippen LogP contribution in [0.4, 0.5) is 15.8 Å². The molecular formula is C17H17FN2O4. The Morgan fingerprint density at radius 2 is 2.00 bits per heavy atom. The first-order chi connectivity index (χ1) is 11.3. The molecule has 0 aliphatic heterocycles. The van der Waals surface area contributed by atoms with Crippen molar-refractivity contribution in [3.63, 3.8) is 0 Å². The molecule has 1 N–H and O–H groups in total. The summed E-state index contributed by atoms with van der Waals surface area (Å²) in [5, 5.41) is 14.2. The maximum atomic E-state index is 13.8. The van der Waals surface area contributed by atoms with E-state index in [2.05, 4.69) is 5.32 Å². The number of ether oxygens (including phenoxy) is 1. The number of halogens is 1. The molecule has 6 nitrogen and oxygen atoms in total. The van der Waals surface area contributed by atoms with E-state index in [9.17, 15) is 19.3 Å². The highest BCUT2D eigenvalue weighted by molar-refractivity contribution is 5.95. The zero-order chi connectivity index (χ0) is 17.9. The first-order valence-corrected chi connectivity index (χ1v) is 7.23. The molecule has 0 unspecified atom stereocenters. The normalized spacial score (nSPS) is 11.7. The monoisotopic (exact) mass is 332 g/mol. The lowest BCUT2D eigenvalue weighted by Gasteiger charge is -2.17. The number of nitrogens with zero attached hydrogens (tertiary/aromatic N) is 1. The van der Waals surface area contributed by atoms with Gasteiger partial charge in [-0.15, -0.1) is 0 Å². The highest BCUT2D eigenvalue weighted by atomic mass is 19.1. The molecule has 126 valence electrons. The van der Waals surface area contributed by atoms with Gasteiger partial charge in [0, 0.05) is 17.7 Å². The maximum absolute atomic E-state index is 13.8. The molecule has 24 heavy (non-hydrogen) atoms. The van der Waals surface area contributed by atoms with Gasteiger partial charge in [0.15, 0.2) is 17.3 Å². The lowest BCUT2D eigenvalue weighted by atomic mass is 10.1. The Balaban J connectivity index is 2.31. The molecule has 0 spiro atoms. The van der Waals surface area contributed by atoms with Crippen LogP contribution in [0.15, 0.2) is 36.4 Å². The van der Waals surface area contributed by atoms with E-state index in [1.54, 1.807) is 13.0 Å². The molecule has 0 fully saturated rings. The molecule has 2 rings (SSSR count). The number of nitrogens with one attached hydrogen (secondary N) is 1. The minimum Gasteiger partial charge on any atom is -0.494 e. The van der Waals surface area contributed by atoms with Gasteiger partial charge in [0.25, 0.3) is 5.69 Å². The Labute approximate surface area is 138 Å². The van der Waals surface area contributed by atoms with Crippen LogP contribution in [-0.2, 0) is 0 Å². The average Bonchev–Trinajstić information content (AvgIpc) is 2.54. The molecule has 0 saturated carbocycles. The van der Waals surface area contributed by atoms with Crippen molar-refractivity contribution in [2.24, 2.45) is 0 Å². The van der Waals surface area contributed by atoms with Crippen LogP contribution >= 0.6 is 0 Å². The van der Waals surface area contributed by atoms with Crippen molar-refractivity contribution in [3.8, 4) is 5.75 Å². The summed E-state index contributed by atoms with van der Waals surface area (Å²) in [7, 11) is 1.37. The third kappa shape index (κ3) is 3.68. The average molecular weight is 332 g/mol. The van der Waals surface area contributed by atoms with Gasteiger partial charge < -0.3 is 10.1 Å². The largest absolute Gasteiger partial charge is 0.494 e. The van der Waals surface area contributed by atoms with Crippen molar-refractivity contribution in [2.75, 3.05) is 12.4 Å². The van der Waals surface area contributed by atoms with E-state index in [1.807, 2.05) is 0 Å². The van der Waals surface area contributed by atoms with Gasteiger partial charge in [0.05, 0.1) is 12.0 Å². The molecule has 7 heteroatoms. The molecule has 0 bridgehead atoms. The van der Waals surface area contributed by atoms with Crippen LogP contribution in [-0.4, -0.2) is 17.8 Å². The summed E-state index contributed by atoms with van der Waals surface area (Å²) in [6, 6.07) is 8.32. The van der Waals surface area contributed by atoms with Crippen molar-refractivity contribution in [1.29, 1.82) is 0 Å². The molecule has 1 atom stereocenters. The molecule has 0 amide bonds. The topological polar surface area (TPSA) is 81.5 Å². The number of Topliss-reactive ketones (excluding diaryl/α,β-unsaturated/α-hetero) is 1. The van der Waals surface area contributed by atoms with E-state index < -0.39 is 10.7 Å². The van der Waals surface area contributed by atoms with Crippen molar-refractivity contribution < 1.29 is 18.8 Å². The number of nitro groups is 1. The van der Waals surface area contributed by atoms with Crippen LogP contribution in [0.2, 0.25) is 0 Å². The fourth-order valence-corrected chi connectivity index (χ4v) is 2.29. The summed E-state index contributed by atoms with van der Waals surface area (Å²) >= 11 is 0. The third-order valence-corrected chi connectivity index (χ3v) is 3.65.